The van der Waals surface area contributed by atoms with Gasteiger partial charge in [-0.1, -0.05) is 30.3 Å². The molecule has 2 aromatic rings. The van der Waals surface area contributed by atoms with Gasteiger partial charge in [-0.05, 0) is 18.4 Å². The molecule has 0 aliphatic carbocycles. The third kappa shape index (κ3) is 4.21. The zero-order chi connectivity index (χ0) is 20.3. The van der Waals surface area contributed by atoms with Crippen molar-refractivity contribution in [3.63, 3.8) is 0 Å². The molecule has 1 aromatic heterocycles. The van der Waals surface area contributed by atoms with Crippen molar-refractivity contribution in [2.45, 2.75) is 19.3 Å². The van der Waals surface area contributed by atoms with Crippen LogP contribution in [0.4, 0.5) is 5.69 Å². The highest BCUT2D eigenvalue weighted by molar-refractivity contribution is 5.93. The van der Waals surface area contributed by atoms with Gasteiger partial charge in [-0.15, -0.1) is 0 Å². The second kappa shape index (κ2) is 8.24. The van der Waals surface area contributed by atoms with Crippen LogP contribution in [0.5, 0.6) is 0 Å². The first-order valence-electron chi connectivity index (χ1n) is 9.26. The lowest BCUT2D eigenvalue weighted by atomic mass is 9.96. The second-order valence-electron chi connectivity index (χ2n) is 7.13. The van der Waals surface area contributed by atoms with Gasteiger partial charge in [0, 0.05) is 33.4 Å². The molecule has 1 aliphatic rings. The molecule has 0 radical (unpaired) electrons. The van der Waals surface area contributed by atoms with Crippen LogP contribution in [-0.4, -0.2) is 38.9 Å². The predicted octanol–water partition coefficient (Wildman–Crippen LogP) is 0.504. The third-order valence-electron chi connectivity index (χ3n) is 5.05. The van der Waals surface area contributed by atoms with Crippen molar-refractivity contribution in [3.05, 3.63) is 62.9 Å². The van der Waals surface area contributed by atoms with Crippen molar-refractivity contribution in [3.8, 4) is 0 Å². The normalized spacial score (nSPS) is 16.6. The van der Waals surface area contributed by atoms with Gasteiger partial charge in [-0.25, -0.2) is 4.79 Å². The first kappa shape index (κ1) is 19.6. The first-order chi connectivity index (χ1) is 13.4. The summed E-state index contributed by atoms with van der Waals surface area (Å²) in [4.78, 5) is 50.9. The second-order valence-corrected chi connectivity index (χ2v) is 7.13. The number of aryl methyl sites for hydroxylation is 1. The van der Waals surface area contributed by atoms with Crippen LogP contribution in [-0.2, 0) is 30.1 Å². The summed E-state index contributed by atoms with van der Waals surface area (Å²) in [5.41, 5.74) is -0.0160. The van der Waals surface area contributed by atoms with E-state index in [1.807, 2.05) is 30.3 Å². The molecule has 1 fully saturated rings. The molecular formula is C20H24N4O4. The standard InChI is InChI=1S/C20H24N4O4/c1-22-13-16(19(27)23(2)20(22)28)21-18(26)15-9-6-10-24(12-15)17(25)11-14-7-4-3-5-8-14/h3-5,7-8,13,15H,6,9-12H2,1-2H3,(H,21,26). The molecule has 28 heavy (non-hydrogen) atoms. The Morgan fingerprint density at radius 2 is 1.86 bits per heavy atom. The van der Waals surface area contributed by atoms with Crippen LogP contribution in [0.1, 0.15) is 18.4 Å². The van der Waals surface area contributed by atoms with E-state index >= 15 is 0 Å². The van der Waals surface area contributed by atoms with Crippen LogP contribution < -0.4 is 16.6 Å². The third-order valence-corrected chi connectivity index (χ3v) is 5.05. The molecule has 8 nitrogen and oxygen atoms in total. The van der Waals surface area contributed by atoms with E-state index in [1.165, 1.54) is 24.9 Å². The molecule has 1 aromatic carbocycles. The summed E-state index contributed by atoms with van der Waals surface area (Å²) >= 11 is 0. The van der Waals surface area contributed by atoms with E-state index in [0.717, 1.165) is 16.6 Å². The topological polar surface area (TPSA) is 93.4 Å². The molecule has 1 atom stereocenters. The Labute approximate surface area is 162 Å². The fourth-order valence-electron chi connectivity index (χ4n) is 3.43. The van der Waals surface area contributed by atoms with Gasteiger partial charge in [0.2, 0.25) is 11.8 Å². The number of carbonyl (C=O) groups excluding carboxylic acids is 2. The van der Waals surface area contributed by atoms with Crippen molar-refractivity contribution in [2.24, 2.45) is 20.0 Å². The number of hydrogen-bond acceptors (Lipinski definition) is 4. The zero-order valence-electron chi connectivity index (χ0n) is 16.1. The smallest absolute Gasteiger partial charge is 0.330 e. The number of benzene rings is 1. The minimum absolute atomic E-state index is 0.0123. The van der Waals surface area contributed by atoms with Crippen LogP contribution in [0.15, 0.2) is 46.1 Å². The number of likely N-dealkylation sites (tertiary alicyclic amines) is 1. The molecule has 8 heteroatoms. The Balaban J connectivity index is 1.67. The number of aromatic nitrogens is 2. The Morgan fingerprint density at radius 1 is 1.14 bits per heavy atom. The number of anilines is 1. The number of amides is 2. The molecule has 2 amide bonds. The van der Waals surface area contributed by atoms with Gasteiger partial charge in [-0.2, -0.15) is 0 Å². The number of piperidine rings is 1. The van der Waals surface area contributed by atoms with Gasteiger partial charge in [0.1, 0.15) is 5.69 Å². The summed E-state index contributed by atoms with van der Waals surface area (Å²) in [6.45, 7) is 0.945. The highest BCUT2D eigenvalue weighted by Crippen LogP contribution is 2.19. The summed E-state index contributed by atoms with van der Waals surface area (Å²) in [6, 6.07) is 9.49. The number of nitrogens with one attached hydrogen (secondary N) is 1. The fourth-order valence-corrected chi connectivity index (χ4v) is 3.43. The maximum atomic E-state index is 12.7. The number of hydrogen-bond donors (Lipinski definition) is 1. The minimum Gasteiger partial charge on any atom is -0.342 e. The van der Waals surface area contributed by atoms with Crippen molar-refractivity contribution < 1.29 is 9.59 Å². The lowest BCUT2D eigenvalue weighted by molar-refractivity contribution is -0.133. The van der Waals surface area contributed by atoms with E-state index < -0.39 is 17.2 Å². The van der Waals surface area contributed by atoms with E-state index in [9.17, 15) is 19.2 Å². The van der Waals surface area contributed by atoms with Crippen LogP contribution >= 0.6 is 0 Å². The summed E-state index contributed by atoms with van der Waals surface area (Å²) in [5.74, 6) is -0.718. The van der Waals surface area contributed by atoms with E-state index in [4.69, 9.17) is 0 Å². The Hall–Kier alpha value is -3.16. The predicted molar refractivity (Wildman–Crippen MR) is 105 cm³/mol. The average molecular weight is 384 g/mol. The van der Waals surface area contributed by atoms with Gasteiger partial charge < -0.3 is 14.8 Å². The number of carbonyl (C=O) groups is 2. The number of nitrogens with zero attached hydrogens (tertiary/aromatic N) is 3. The summed E-state index contributed by atoms with van der Waals surface area (Å²) in [5, 5.41) is 2.63. The first-order valence-corrected chi connectivity index (χ1v) is 9.26. The van der Waals surface area contributed by atoms with E-state index in [2.05, 4.69) is 5.32 Å². The summed E-state index contributed by atoms with van der Waals surface area (Å²) < 4.78 is 2.19. The Bertz CT molecular complexity index is 994. The van der Waals surface area contributed by atoms with E-state index in [1.54, 1.807) is 4.90 Å². The van der Waals surface area contributed by atoms with Gasteiger partial charge in [0.05, 0.1) is 12.3 Å². The molecule has 1 N–H and O–H groups in total. The molecule has 0 spiro atoms. The lowest BCUT2D eigenvalue weighted by Crippen LogP contribution is -2.45. The highest BCUT2D eigenvalue weighted by atomic mass is 16.2. The van der Waals surface area contributed by atoms with Crippen molar-refractivity contribution >= 4 is 17.5 Å². The Kier molecular flexibility index (Phi) is 5.77. The number of rotatable bonds is 4. The van der Waals surface area contributed by atoms with Crippen LogP contribution in [0.25, 0.3) is 0 Å². The van der Waals surface area contributed by atoms with Gasteiger partial charge in [0.15, 0.2) is 0 Å². The minimum atomic E-state index is -0.552. The van der Waals surface area contributed by atoms with E-state index in [-0.39, 0.29) is 17.5 Å². The summed E-state index contributed by atoms with van der Waals surface area (Å²) in [7, 11) is 2.88. The average Bonchev–Trinajstić information content (AvgIpc) is 2.71. The molecule has 0 saturated carbocycles. The van der Waals surface area contributed by atoms with Crippen LogP contribution in [0.3, 0.4) is 0 Å². The highest BCUT2D eigenvalue weighted by Gasteiger charge is 2.29. The quantitative estimate of drug-likeness (QED) is 0.831. The lowest BCUT2D eigenvalue weighted by Gasteiger charge is -2.32. The van der Waals surface area contributed by atoms with Crippen molar-refractivity contribution in [1.29, 1.82) is 0 Å². The largest absolute Gasteiger partial charge is 0.342 e. The molecule has 1 saturated heterocycles. The molecule has 1 aliphatic heterocycles. The van der Waals surface area contributed by atoms with Gasteiger partial charge in [0.25, 0.3) is 5.56 Å². The SMILES string of the molecule is Cn1cc(NC(=O)C2CCCN(C(=O)Cc3ccccc3)C2)c(=O)n(C)c1=O. The van der Waals surface area contributed by atoms with Gasteiger partial charge >= 0.3 is 5.69 Å². The maximum absolute atomic E-state index is 12.7. The van der Waals surface area contributed by atoms with Crippen molar-refractivity contribution in [2.75, 3.05) is 18.4 Å². The Morgan fingerprint density at radius 3 is 2.57 bits per heavy atom. The molecular weight excluding hydrogens is 360 g/mol. The maximum Gasteiger partial charge on any atom is 0.330 e. The molecule has 148 valence electrons. The monoisotopic (exact) mass is 384 g/mol. The molecule has 0 bridgehead atoms. The van der Waals surface area contributed by atoms with E-state index in [0.29, 0.717) is 25.9 Å². The van der Waals surface area contributed by atoms with Crippen LogP contribution in [0.2, 0.25) is 0 Å². The van der Waals surface area contributed by atoms with Gasteiger partial charge in [-0.3, -0.25) is 19.0 Å². The van der Waals surface area contributed by atoms with Crippen molar-refractivity contribution in [1.82, 2.24) is 14.0 Å². The molecule has 1 unspecified atom stereocenters. The fraction of sp³-hybridized carbons (Fsp3) is 0.400. The zero-order valence-corrected chi connectivity index (χ0v) is 16.1. The van der Waals surface area contributed by atoms with Crippen LogP contribution in [0, 0.1) is 5.92 Å². The summed E-state index contributed by atoms with van der Waals surface area (Å²) in [6.07, 6.45) is 3.00. The molecule has 2 heterocycles. The molecule has 3 rings (SSSR count).